The summed E-state index contributed by atoms with van der Waals surface area (Å²) in [6.07, 6.45) is 0. The van der Waals surface area contributed by atoms with Gasteiger partial charge in [0.15, 0.2) is 11.6 Å². The molecular weight excluding hydrogens is 367 g/mol. The molecule has 0 radical (unpaired) electrons. The van der Waals surface area contributed by atoms with Crippen molar-refractivity contribution in [2.75, 3.05) is 19.5 Å². The first-order valence-corrected chi connectivity index (χ1v) is 7.42. The van der Waals surface area contributed by atoms with Crippen molar-refractivity contribution in [3.63, 3.8) is 0 Å². The second kappa shape index (κ2) is 7.23. The first kappa shape index (κ1) is 17.0. The predicted octanol–water partition coefficient (Wildman–Crippen LogP) is 3.21. The Morgan fingerprint density at radius 2 is 1.91 bits per heavy atom. The third kappa shape index (κ3) is 3.68. The first-order valence-electron chi connectivity index (χ1n) is 6.63. The lowest BCUT2D eigenvalue weighted by molar-refractivity contribution is 0.0960. The fourth-order valence-electron chi connectivity index (χ4n) is 1.94. The van der Waals surface area contributed by atoms with E-state index >= 15 is 0 Å². The lowest BCUT2D eigenvalue weighted by Crippen LogP contribution is -2.19. The van der Waals surface area contributed by atoms with E-state index in [0.717, 1.165) is 6.07 Å². The van der Waals surface area contributed by atoms with Gasteiger partial charge in [-0.25, -0.2) is 4.39 Å². The summed E-state index contributed by atoms with van der Waals surface area (Å²) >= 11 is 3.29. The molecule has 0 bridgehead atoms. The van der Waals surface area contributed by atoms with Crippen LogP contribution >= 0.6 is 15.9 Å². The fraction of sp³-hybridized carbons (Fsp3) is 0.125. The number of anilines is 1. The molecular formula is C16H14BrFN2O3. The fourth-order valence-corrected chi connectivity index (χ4v) is 2.48. The molecule has 2 aromatic carbocycles. The van der Waals surface area contributed by atoms with Gasteiger partial charge in [-0.15, -0.1) is 0 Å². The lowest BCUT2D eigenvalue weighted by atomic mass is 10.1. The molecule has 0 atom stereocenters. The maximum absolute atomic E-state index is 13.7. The number of hydrogen-bond acceptors (Lipinski definition) is 3. The Morgan fingerprint density at radius 1 is 1.17 bits per heavy atom. The van der Waals surface area contributed by atoms with Gasteiger partial charge >= 0.3 is 0 Å². The Hall–Kier alpha value is -2.41. The number of nitrogens with one attached hydrogen (secondary N) is 2. The molecule has 5 nitrogen and oxygen atoms in total. The molecule has 23 heavy (non-hydrogen) atoms. The predicted molar refractivity (Wildman–Crippen MR) is 88.4 cm³/mol. The van der Waals surface area contributed by atoms with Crippen LogP contribution in [0.5, 0.6) is 5.75 Å². The number of halogens is 2. The van der Waals surface area contributed by atoms with Crippen LogP contribution in [0.15, 0.2) is 40.9 Å². The Labute approximate surface area is 141 Å². The number of carbonyl (C=O) groups is 2. The maximum Gasteiger partial charge on any atom is 0.255 e. The summed E-state index contributed by atoms with van der Waals surface area (Å²) in [5.41, 5.74) is 0.930. The quantitative estimate of drug-likeness (QED) is 0.855. The van der Waals surface area contributed by atoms with E-state index in [1.54, 1.807) is 18.2 Å². The van der Waals surface area contributed by atoms with Crippen LogP contribution in [-0.2, 0) is 0 Å². The molecule has 120 valence electrons. The summed E-state index contributed by atoms with van der Waals surface area (Å²) in [7, 11) is 2.86. The molecule has 0 heterocycles. The zero-order valence-corrected chi connectivity index (χ0v) is 14.0. The standard InChI is InChI=1S/C16H14BrFN2O3/c1-19-16(22)10-4-3-5-12(14(10)17)20-15(21)9-6-7-13(23-2)11(18)8-9/h3-8H,1-2H3,(H,19,22)(H,20,21). The van der Waals surface area contributed by atoms with E-state index in [4.69, 9.17) is 4.74 Å². The van der Waals surface area contributed by atoms with Crippen LogP contribution in [0.4, 0.5) is 10.1 Å². The van der Waals surface area contributed by atoms with Gasteiger partial charge in [0.05, 0.1) is 22.8 Å². The van der Waals surface area contributed by atoms with Crippen molar-refractivity contribution < 1.29 is 18.7 Å². The van der Waals surface area contributed by atoms with Crippen LogP contribution in [0.1, 0.15) is 20.7 Å². The molecule has 0 unspecified atom stereocenters. The van der Waals surface area contributed by atoms with Gasteiger partial charge in [-0.2, -0.15) is 0 Å². The Bertz CT molecular complexity index is 765. The van der Waals surface area contributed by atoms with Gasteiger partial charge in [0, 0.05) is 12.6 Å². The van der Waals surface area contributed by atoms with E-state index in [9.17, 15) is 14.0 Å². The van der Waals surface area contributed by atoms with E-state index in [1.807, 2.05) is 0 Å². The van der Waals surface area contributed by atoms with Crippen molar-refractivity contribution in [1.29, 1.82) is 0 Å². The van der Waals surface area contributed by atoms with E-state index in [0.29, 0.717) is 15.7 Å². The van der Waals surface area contributed by atoms with Crippen LogP contribution in [0.25, 0.3) is 0 Å². The molecule has 0 aliphatic heterocycles. The Balaban J connectivity index is 2.27. The molecule has 2 aromatic rings. The highest BCUT2D eigenvalue weighted by molar-refractivity contribution is 9.10. The summed E-state index contributed by atoms with van der Waals surface area (Å²) in [6.45, 7) is 0. The summed E-state index contributed by atoms with van der Waals surface area (Å²) in [6, 6.07) is 8.80. The number of amides is 2. The van der Waals surface area contributed by atoms with Crippen LogP contribution in [-0.4, -0.2) is 26.0 Å². The maximum atomic E-state index is 13.7. The van der Waals surface area contributed by atoms with Crippen LogP contribution < -0.4 is 15.4 Å². The highest BCUT2D eigenvalue weighted by Crippen LogP contribution is 2.27. The number of methoxy groups -OCH3 is 1. The highest BCUT2D eigenvalue weighted by Gasteiger charge is 2.15. The second-order valence-electron chi connectivity index (χ2n) is 4.55. The monoisotopic (exact) mass is 380 g/mol. The molecule has 0 spiro atoms. The van der Waals surface area contributed by atoms with Crippen molar-refractivity contribution >= 4 is 33.4 Å². The van der Waals surface area contributed by atoms with Crippen LogP contribution in [0.3, 0.4) is 0 Å². The van der Waals surface area contributed by atoms with Crippen LogP contribution in [0, 0.1) is 5.82 Å². The van der Waals surface area contributed by atoms with E-state index < -0.39 is 11.7 Å². The minimum Gasteiger partial charge on any atom is -0.494 e. The van der Waals surface area contributed by atoms with Gasteiger partial charge in [-0.1, -0.05) is 6.07 Å². The summed E-state index contributed by atoms with van der Waals surface area (Å²) in [4.78, 5) is 24.0. The Morgan fingerprint density at radius 3 is 2.52 bits per heavy atom. The molecule has 7 heteroatoms. The summed E-state index contributed by atoms with van der Waals surface area (Å²) in [5, 5.41) is 5.15. The number of ether oxygens (including phenoxy) is 1. The average Bonchev–Trinajstić information content (AvgIpc) is 2.55. The van der Waals surface area contributed by atoms with E-state index in [2.05, 4.69) is 26.6 Å². The molecule has 2 amide bonds. The average molecular weight is 381 g/mol. The number of carbonyl (C=O) groups excluding carboxylic acids is 2. The summed E-state index contributed by atoms with van der Waals surface area (Å²) < 4.78 is 18.9. The van der Waals surface area contributed by atoms with Gasteiger partial charge in [0.1, 0.15) is 0 Å². The molecule has 0 aliphatic rings. The van der Waals surface area contributed by atoms with Crippen molar-refractivity contribution in [1.82, 2.24) is 5.32 Å². The van der Waals surface area contributed by atoms with Gasteiger partial charge in [-0.05, 0) is 46.3 Å². The third-order valence-electron chi connectivity index (χ3n) is 3.13. The van der Waals surface area contributed by atoms with Crippen molar-refractivity contribution in [2.24, 2.45) is 0 Å². The largest absolute Gasteiger partial charge is 0.494 e. The smallest absolute Gasteiger partial charge is 0.255 e. The zero-order chi connectivity index (χ0) is 17.0. The second-order valence-corrected chi connectivity index (χ2v) is 5.34. The highest BCUT2D eigenvalue weighted by atomic mass is 79.9. The molecule has 2 N–H and O–H groups in total. The zero-order valence-electron chi connectivity index (χ0n) is 12.4. The van der Waals surface area contributed by atoms with Crippen LogP contribution in [0.2, 0.25) is 0 Å². The summed E-state index contributed by atoms with van der Waals surface area (Å²) in [5.74, 6) is -1.35. The number of benzene rings is 2. The third-order valence-corrected chi connectivity index (χ3v) is 3.99. The molecule has 0 saturated heterocycles. The first-order chi connectivity index (χ1) is 11.0. The normalized spacial score (nSPS) is 10.1. The SMILES string of the molecule is CNC(=O)c1cccc(NC(=O)c2ccc(OC)c(F)c2)c1Br. The molecule has 0 saturated carbocycles. The lowest BCUT2D eigenvalue weighted by Gasteiger charge is -2.11. The van der Waals surface area contributed by atoms with Gasteiger partial charge in [0.2, 0.25) is 0 Å². The topological polar surface area (TPSA) is 67.4 Å². The molecule has 0 aliphatic carbocycles. The van der Waals surface area contributed by atoms with Gasteiger partial charge in [-0.3, -0.25) is 9.59 Å². The number of rotatable bonds is 4. The molecule has 2 rings (SSSR count). The van der Waals surface area contributed by atoms with E-state index in [-0.39, 0.29) is 17.2 Å². The minimum absolute atomic E-state index is 0.0596. The Kier molecular flexibility index (Phi) is 5.33. The molecule has 0 aromatic heterocycles. The number of hydrogen-bond donors (Lipinski definition) is 2. The van der Waals surface area contributed by atoms with Gasteiger partial charge < -0.3 is 15.4 Å². The molecule has 0 fully saturated rings. The minimum atomic E-state index is -0.627. The van der Waals surface area contributed by atoms with E-state index in [1.165, 1.54) is 26.3 Å². The van der Waals surface area contributed by atoms with Gasteiger partial charge in [0.25, 0.3) is 11.8 Å². The van der Waals surface area contributed by atoms with Crippen molar-refractivity contribution in [3.05, 3.63) is 57.8 Å². The van der Waals surface area contributed by atoms with Crippen molar-refractivity contribution in [2.45, 2.75) is 0 Å². The van der Waals surface area contributed by atoms with Crippen molar-refractivity contribution in [3.8, 4) is 5.75 Å².